The summed E-state index contributed by atoms with van der Waals surface area (Å²) in [6.07, 6.45) is 6.57. The van der Waals surface area contributed by atoms with Crippen LogP contribution in [0.25, 0.3) is 0 Å². The quantitative estimate of drug-likeness (QED) is 0.610. The highest BCUT2D eigenvalue weighted by Gasteiger charge is 2.35. The maximum atomic E-state index is 11.5. The number of carboxylic acid groups (broad SMARTS) is 1. The van der Waals surface area contributed by atoms with Gasteiger partial charge in [-0.15, -0.1) is 0 Å². The number of carboxylic acids is 1. The van der Waals surface area contributed by atoms with Crippen molar-refractivity contribution in [2.45, 2.75) is 49.6 Å². The molecule has 1 aromatic heterocycles. The molecule has 0 aliphatic carbocycles. The van der Waals surface area contributed by atoms with Gasteiger partial charge in [-0.25, -0.2) is 9.97 Å². The van der Waals surface area contributed by atoms with Crippen LogP contribution in [-0.4, -0.2) is 39.0 Å². The minimum atomic E-state index is -0.661. The molecule has 0 saturated carbocycles. The topological polar surface area (TPSA) is 78.3 Å². The van der Waals surface area contributed by atoms with E-state index in [1.807, 2.05) is 6.92 Å². The van der Waals surface area contributed by atoms with Gasteiger partial charge in [0.25, 0.3) is 0 Å². The van der Waals surface area contributed by atoms with Crippen LogP contribution in [0.4, 0.5) is 11.5 Å². The van der Waals surface area contributed by atoms with Gasteiger partial charge in [-0.1, -0.05) is 38.1 Å². The van der Waals surface area contributed by atoms with Gasteiger partial charge in [0.1, 0.15) is 5.03 Å². The number of piperidine rings is 1. The number of benzene rings is 1. The van der Waals surface area contributed by atoms with Crippen LogP contribution in [0.15, 0.2) is 40.5 Å². The lowest BCUT2D eigenvalue weighted by Gasteiger charge is -2.40. The van der Waals surface area contributed by atoms with E-state index < -0.39 is 5.97 Å². The predicted molar refractivity (Wildman–Crippen MR) is 114 cm³/mol. The molecule has 3 heterocycles. The van der Waals surface area contributed by atoms with E-state index >= 15 is 0 Å². The molecule has 3 unspecified atom stereocenters. The lowest BCUT2D eigenvalue weighted by molar-refractivity contribution is -0.144. The van der Waals surface area contributed by atoms with Crippen molar-refractivity contribution in [2.24, 2.45) is 17.8 Å². The highest BCUT2D eigenvalue weighted by Crippen LogP contribution is 2.42. The molecule has 1 saturated heterocycles. The van der Waals surface area contributed by atoms with Crippen molar-refractivity contribution in [1.82, 2.24) is 14.9 Å². The van der Waals surface area contributed by atoms with Crippen molar-refractivity contribution in [1.29, 1.82) is 0 Å². The van der Waals surface area contributed by atoms with Crippen LogP contribution in [0.5, 0.6) is 0 Å². The third kappa shape index (κ3) is 4.41. The molecule has 2 N–H and O–H groups in total. The largest absolute Gasteiger partial charge is 0.481 e. The van der Waals surface area contributed by atoms with Crippen LogP contribution in [0, 0.1) is 17.8 Å². The van der Waals surface area contributed by atoms with Gasteiger partial charge < -0.3 is 10.4 Å². The first kappa shape index (κ1) is 20.2. The van der Waals surface area contributed by atoms with Gasteiger partial charge >= 0.3 is 5.97 Å². The maximum Gasteiger partial charge on any atom is 0.306 e. The molecule has 0 bridgehead atoms. The Morgan fingerprint density at radius 1 is 1.38 bits per heavy atom. The van der Waals surface area contributed by atoms with Crippen LogP contribution in [-0.2, 0) is 11.3 Å². The lowest BCUT2D eigenvalue weighted by Crippen LogP contribution is -2.43. The first-order valence-electron chi connectivity index (χ1n) is 10.4. The Morgan fingerprint density at radius 3 is 3.00 bits per heavy atom. The number of aliphatic carboxylic acids is 1. The van der Waals surface area contributed by atoms with E-state index in [0.717, 1.165) is 55.4 Å². The number of nitrogens with one attached hydrogen (secondary N) is 1. The van der Waals surface area contributed by atoms with Crippen molar-refractivity contribution >= 4 is 29.2 Å². The smallest absolute Gasteiger partial charge is 0.306 e. The second-order valence-electron chi connectivity index (χ2n) is 8.13. The van der Waals surface area contributed by atoms with Crippen molar-refractivity contribution in [3.8, 4) is 0 Å². The SMILES string of the molecule is CCCC1CN(Cc2ccc3c(c2)Nc2nccnc2S3)CCC1C(C)C(=O)O. The fourth-order valence-corrected chi connectivity index (χ4v) is 5.50. The van der Waals surface area contributed by atoms with Crippen LogP contribution in [0.2, 0.25) is 0 Å². The number of anilines is 2. The highest BCUT2D eigenvalue weighted by molar-refractivity contribution is 7.99. The van der Waals surface area contributed by atoms with Gasteiger partial charge in [0.2, 0.25) is 0 Å². The predicted octanol–water partition coefficient (Wildman–Crippen LogP) is 4.64. The molecule has 1 aromatic carbocycles. The van der Waals surface area contributed by atoms with E-state index in [4.69, 9.17) is 0 Å². The van der Waals surface area contributed by atoms with E-state index in [9.17, 15) is 9.90 Å². The summed E-state index contributed by atoms with van der Waals surface area (Å²) in [5, 5.41) is 13.8. The Balaban J connectivity index is 1.44. The molecule has 3 atom stereocenters. The molecule has 29 heavy (non-hydrogen) atoms. The Bertz CT molecular complexity index is 891. The monoisotopic (exact) mass is 412 g/mol. The van der Waals surface area contributed by atoms with E-state index in [-0.39, 0.29) is 11.8 Å². The average molecular weight is 413 g/mol. The molecule has 1 fully saturated rings. The molecule has 2 aliphatic heterocycles. The number of hydrogen-bond donors (Lipinski definition) is 2. The molecule has 7 heteroatoms. The number of nitrogens with zero attached hydrogens (tertiary/aromatic N) is 3. The van der Waals surface area contributed by atoms with Gasteiger partial charge in [0.05, 0.1) is 11.6 Å². The van der Waals surface area contributed by atoms with Crippen molar-refractivity contribution in [3.63, 3.8) is 0 Å². The summed E-state index contributed by atoms with van der Waals surface area (Å²) in [7, 11) is 0. The first-order chi connectivity index (χ1) is 14.0. The van der Waals surface area contributed by atoms with Gasteiger partial charge in [0, 0.05) is 30.4 Å². The molecule has 2 aromatic rings. The molecule has 6 nitrogen and oxygen atoms in total. The van der Waals surface area contributed by atoms with E-state index in [1.54, 1.807) is 24.2 Å². The van der Waals surface area contributed by atoms with Gasteiger partial charge in [-0.3, -0.25) is 9.69 Å². The second kappa shape index (κ2) is 8.71. The summed E-state index contributed by atoms with van der Waals surface area (Å²) in [5.41, 5.74) is 2.35. The molecule has 4 rings (SSSR count). The summed E-state index contributed by atoms with van der Waals surface area (Å²) in [4.78, 5) is 23.9. The van der Waals surface area contributed by atoms with Crippen LogP contribution < -0.4 is 5.32 Å². The van der Waals surface area contributed by atoms with Crippen molar-refractivity contribution in [3.05, 3.63) is 36.2 Å². The van der Waals surface area contributed by atoms with Crippen LogP contribution in [0.3, 0.4) is 0 Å². The summed E-state index contributed by atoms with van der Waals surface area (Å²) in [6, 6.07) is 6.55. The molecule has 0 amide bonds. The third-order valence-electron chi connectivity index (χ3n) is 6.14. The first-order valence-corrected chi connectivity index (χ1v) is 11.2. The number of hydrogen-bond acceptors (Lipinski definition) is 6. The Morgan fingerprint density at radius 2 is 2.21 bits per heavy atom. The van der Waals surface area contributed by atoms with E-state index in [1.165, 1.54) is 10.5 Å². The third-order valence-corrected chi connectivity index (χ3v) is 7.21. The Hall–Kier alpha value is -2.12. The summed E-state index contributed by atoms with van der Waals surface area (Å²) in [6.45, 7) is 6.88. The molecule has 2 aliphatic rings. The number of rotatable bonds is 6. The summed E-state index contributed by atoms with van der Waals surface area (Å²) >= 11 is 1.65. The standard InChI is InChI=1S/C22H28N4O2S/c1-3-4-16-13-26(10-7-17(16)14(2)22(27)28)12-15-5-6-19-18(11-15)25-20-21(29-19)24-9-8-23-20/h5-6,8-9,11,14,16-17H,3-4,7,10,12-13H2,1-2H3,(H,23,25)(H,27,28). The van der Waals surface area contributed by atoms with Gasteiger partial charge in [-0.2, -0.15) is 0 Å². The zero-order valence-electron chi connectivity index (χ0n) is 17.0. The van der Waals surface area contributed by atoms with Crippen molar-refractivity contribution in [2.75, 3.05) is 18.4 Å². The van der Waals surface area contributed by atoms with Crippen LogP contribution in [0.1, 0.15) is 38.7 Å². The fourth-order valence-electron chi connectivity index (χ4n) is 4.62. The Kier molecular flexibility index (Phi) is 6.06. The minimum absolute atomic E-state index is 0.264. The minimum Gasteiger partial charge on any atom is -0.481 e. The van der Waals surface area contributed by atoms with Gasteiger partial charge in [-0.05, 0) is 48.9 Å². The van der Waals surface area contributed by atoms with E-state index in [0.29, 0.717) is 5.92 Å². The number of carbonyl (C=O) groups is 1. The molecule has 0 radical (unpaired) electrons. The van der Waals surface area contributed by atoms with Crippen LogP contribution >= 0.6 is 11.8 Å². The Labute approximate surface area is 176 Å². The van der Waals surface area contributed by atoms with Crippen molar-refractivity contribution < 1.29 is 9.90 Å². The number of aromatic nitrogens is 2. The fraction of sp³-hybridized carbons (Fsp3) is 0.500. The molecule has 154 valence electrons. The average Bonchev–Trinajstić information content (AvgIpc) is 2.72. The lowest BCUT2D eigenvalue weighted by atomic mass is 9.75. The number of likely N-dealkylation sites (tertiary alicyclic amines) is 1. The zero-order chi connectivity index (χ0) is 20.4. The normalized spacial score (nSPS) is 22.3. The molecular weight excluding hydrogens is 384 g/mol. The van der Waals surface area contributed by atoms with Gasteiger partial charge in [0.15, 0.2) is 5.82 Å². The summed E-state index contributed by atoms with van der Waals surface area (Å²) < 4.78 is 0. The zero-order valence-corrected chi connectivity index (χ0v) is 17.8. The van der Waals surface area contributed by atoms with E-state index in [2.05, 4.69) is 45.3 Å². The highest BCUT2D eigenvalue weighted by atomic mass is 32.2. The summed E-state index contributed by atoms with van der Waals surface area (Å²) in [5.74, 6) is 0.619. The second-order valence-corrected chi connectivity index (χ2v) is 9.16. The maximum absolute atomic E-state index is 11.5. The number of fused-ring (bicyclic) bond motifs is 2. The molecule has 0 spiro atoms. The molecular formula is C22H28N4O2S.